The summed E-state index contributed by atoms with van der Waals surface area (Å²) in [7, 11) is 0. The van der Waals surface area contributed by atoms with Gasteiger partial charge in [-0.05, 0) is 31.0 Å². The van der Waals surface area contributed by atoms with Gasteiger partial charge in [0.05, 0.1) is 6.20 Å². The second-order valence-electron chi connectivity index (χ2n) is 6.97. The van der Waals surface area contributed by atoms with Crippen LogP contribution in [0.5, 0.6) is 0 Å². The Hall–Kier alpha value is -2.08. The van der Waals surface area contributed by atoms with Crippen molar-refractivity contribution in [3.63, 3.8) is 0 Å². The van der Waals surface area contributed by atoms with E-state index in [1.807, 2.05) is 18.2 Å². The fraction of sp³-hybridized carbons (Fsp3) is 0.526. The van der Waals surface area contributed by atoms with Gasteiger partial charge in [-0.1, -0.05) is 30.5 Å². The lowest BCUT2D eigenvalue weighted by atomic mass is 10.2. The predicted molar refractivity (Wildman–Crippen MR) is 106 cm³/mol. The number of rotatable bonds is 3. The van der Waals surface area contributed by atoms with Gasteiger partial charge in [0, 0.05) is 50.0 Å². The van der Waals surface area contributed by atoms with E-state index in [9.17, 15) is 0 Å². The number of halogens is 1. The van der Waals surface area contributed by atoms with Gasteiger partial charge in [-0.25, -0.2) is 0 Å². The summed E-state index contributed by atoms with van der Waals surface area (Å²) in [6.07, 6.45) is 6.82. The second kappa shape index (κ2) is 8.08. The van der Waals surface area contributed by atoms with E-state index in [0.29, 0.717) is 0 Å². The quantitative estimate of drug-likeness (QED) is 0.824. The van der Waals surface area contributed by atoms with Crippen LogP contribution in [0.4, 0.5) is 17.5 Å². The first-order valence-corrected chi connectivity index (χ1v) is 9.87. The van der Waals surface area contributed by atoms with Gasteiger partial charge in [-0.3, -0.25) is 0 Å². The SMILES string of the molecule is Clc1cccc(N2CCN(c3cnnc(N4CCCCCC4)n3)CC2)c1. The van der Waals surface area contributed by atoms with E-state index in [-0.39, 0.29) is 0 Å². The Morgan fingerprint density at radius 2 is 1.54 bits per heavy atom. The maximum Gasteiger partial charge on any atom is 0.247 e. The van der Waals surface area contributed by atoms with E-state index in [1.54, 1.807) is 6.20 Å². The van der Waals surface area contributed by atoms with Crippen molar-refractivity contribution in [2.75, 3.05) is 54.0 Å². The summed E-state index contributed by atoms with van der Waals surface area (Å²) in [6, 6.07) is 8.07. The summed E-state index contributed by atoms with van der Waals surface area (Å²) in [5, 5.41) is 9.30. The van der Waals surface area contributed by atoms with Gasteiger partial charge in [-0.15, -0.1) is 5.10 Å². The number of hydrogen-bond donors (Lipinski definition) is 0. The molecule has 0 saturated carbocycles. The monoisotopic (exact) mass is 372 g/mol. The summed E-state index contributed by atoms with van der Waals surface area (Å²) in [4.78, 5) is 11.8. The normalized spacial score (nSPS) is 18.7. The molecule has 0 aliphatic carbocycles. The maximum atomic E-state index is 6.12. The number of anilines is 3. The molecular weight excluding hydrogens is 348 g/mol. The molecule has 0 amide bonds. The highest BCUT2D eigenvalue weighted by molar-refractivity contribution is 6.30. The molecule has 0 unspecified atom stereocenters. The number of hydrogen-bond acceptors (Lipinski definition) is 6. The lowest BCUT2D eigenvalue weighted by molar-refractivity contribution is 0.641. The molecule has 26 heavy (non-hydrogen) atoms. The number of benzene rings is 1. The Morgan fingerprint density at radius 1 is 0.808 bits per heavy atom. The van der Waals surface area contributed by atoms with Gasteiger partial charge >= 0.3 is 0 Å². The van der Waals surface area contributed by atoms with Crippen molar-refractivity contribution in [1.82, 2.24) is 15.2 Å². The number of nitrogens with zero attached hydrogens (tertiary/aromatic N) is 6. The van der Waals surface area contributed by atoms with Crippen LogP contribution in [0.1, 0.15) is 25.7 Å². The summed E-state index contributed by atoms with van der Waals surface area (Å²) >= 11 is 6.12. The third-order valence-corrected chi connectivity index (χ3v) is 5.44. The molecule has 0 N–H and O–H groups in total. The van der Waals surface area contributed by atoms with Gasteiger partial charge in [0.2, 0.25) is 5.95 Å². The molecule has 1 aromatic carbocycles. The van der Waals surface area contributed by atoms with Crippen molar-refractivity contribution in [1.29, 1.82) is 0 Å². The zero-order valence-corrected chi connectivity index (χ0v) is 15.8. The average molecular weight is 373 g/mol. The lowest BCUT2D eigenvalue weighted by Gasteiger charge is -2.36. The Bertz CT molecular complexity index is 723. The van der Waals surface area contributed by atoms with E-state index in [1.165, 1.54) is 31.4 Å². The summed E-state index contributed by atoms with van der Waals surface area (Å²) in [5.74, 6) is 1.71. The van der Waals surface area contributed by atoms with Crippen LogP contribution in [-0.4, -0.2) is 54.4 Å². The summed E-state index contributed by atoms with van der Waals surface area (Å²) in [5.41, 5.74) is 1.18. The minimum absolute atomic E-state index is 0.779. The van der Waals surface area contributed by atoms with E-state index in [4.69, 9.17) is 16.6 Å². The molecule has 0 atom stereocenters. The van der Waals surface area contributed by atoms with Gasteiger partial charge in [-0.2, -0.15) is 10.1 Å². The maximum absolute atomic E-state index is 6.12. The molecule has 0 spiro atoms. The fourth-order valence-corrected chi connectivity index (χ4v) is 3.89. The summed E-state index contributed by atoms with van der Waals surface area (Å²) < 4.78 is 0. The third-order valence-electron chi connectivity index (χ3n) is 5.20. The van der Waals surface area contributed by atoms with E-state index in [0.717, 1.165) is 56.1 Å². The molecule has 6 nitrogen and oxygen atoms in total. The van der Waals surface area contributed by atoms with Crippen LogP contribution in [0.2, 0.25) is 5.02 Å². The number of piperazine rings is 1. The average Bonchev–Trinajstić information content (AvgIpc) is 2.98. The van der Waals surface area contributed by atoms with Crippen LogP contribution in [0.15, 0.2) is 30.5 Å². The van der Waals surface area contributed by atoms with Gasteiger partial charge < -0.3 is 14.7 Å². The highest BCUT2D eigenvalue weighted by Crippen LogP contribution is 2.23. The highest BCUT2D eigenvalue weighted by atomic mass is 35.5. The van der Waals surface area contributed by atoms with Gasteiger partial charge in [0.25, 0.3) is 0 Å². The molecular formula is C19H25ClN6. The van der Waals surface area contributed by atoms with Gasteiger partial charge in [0.15, 0.2) is 5.82 Å². The van der Waals surface area contributed by atoms with Crippen LogP contribution in [0.25, 0.3) is 0 Å². The third kappa shape index (κ3) is 4.01. The Kier molecular flexibility index (Phi) is 5.39. The summed E-state index contributed by atoms with van der Waals surface area (Å²) in [6.45, 7) is 5.81. The van der Waals surface area contributed by atoms with Crippen molar-refractivity contribution in [3.05, 3.63) is 35.5 Å². The Balaban J connectivity index is 1.42. The molecule has 0 radical (unpaired) electrons. The van der Waals surface area contributed by atoms with Crippen molar-refractivity contribution < 1.29 is 0 Å². The van der Waals surface area contributed by atoms with E-state index >= 15 is 0 Å². The van der Waals surface area contributed by atoms with Crippen LogP contribution >= 0.6 is 11.6 Å². The Labute approximate surface area is 159 Å². The molecule has 2 aliphatic rings. The molecule has 4 rings (SSSR count). The van der Waals surface area contributed by atoms with Crippen molar-refractivity contribution in [3.8, 4) is 0 Å². The van der Waals surface area contributed by atoms with Gasteiger partial charge in [0.1, 0.15) is 0 Å². The molecule has 2 saturated heterocycles. The lowest BCUT2D eigenvalue weighted by Crippen LogP contribution is -2.47. The first kappa shape index (κ1) is 17.3. The second-order valence-corrected chi connectivity index (χ2v) is 7.41. The van der Waals surface area contributed by atoms with Crippen molar-refractivity contribution in [2.24, 2.45) is 0 Å². The largest absolute Gasteiger partial charge is 0.368 e. The highest BCUT2D eigenvalue weighted by Gasteiger charge is 2.20. The number of aromatic nitrogens is 3. The minimum Gasteiger partial charge on any atom is -0.368 e. The zero-order valence-electron chi connectivity index (χ0n) is 15.0. The van der Waals surface area contributed by atoms with E-state index < -0.39 is 0 Å². The van der Waals surface area contributed by atoms with Crippen molar-refractivity contribution >= 4 is 29.1 Å². The molecule has 138 valence electrons. The smallest absolute Gasteiger partial charge is 0.247 e. The van der Waals surface area contributed by atoms with E-state index in [2.05, 4.69) is 31.0 Å². The molecule has 7 heteroatoms. The van der Waals surface area contributed by atoms with Crippen LogP contribution in [0, 0.1) is 0 Å². The molecule has 0 bridgehead atoms. The molecule has 2 fully saturated rings. The molecule has 3 heterocycles. The van der Waals surface area contributed by atoms with Crippen LogP contribution in [0.3, 0.4) is 0 Å². The molecule has 2 aliphatic heterocycles. The molecule has 2 aromatic rings. The topological polar surface area (TPSA) is 48.4 Å². The van der Waals surface area contributed by atoms with Crippen LogP contribution in [-0.2, 0) is 0 Å². The van der Waals surface area contributed by atoms with Crippen molar-refractivity contribution in [2.45, 2.75) is 25.7 Å². The van der Waals surface area contributed by atoms with Crippen LogP contribution < -0.4 is 14.7 Å². The minimum atomic E-state index is 0.779. The zero-order chi connectivity index (χ0) is 17.8. The fourth-order valence-electron chi connectivity index (χ4n) is 3.71. The standard InChI is InChI=1S/C19H25ClN6/c20-16-6-5-7-17(14-16)24-10-12-25(13-11-24)18-15-21-23-19(22-18)26-8-3-1-2-4-9-26/h5-7,14-15H,1-4,8-13H2. The predicted octanol–water partition coefficient (Wildman–Crippen LogP) is 3.23. The molecule has 1 aromatic heterocycles. The first-order valence-electron chi connectivity index (χ1n) is 9.50. The first-order chi connectivity index (χ1) is 12.8. The Morgan fingerprint density at radius 3 is 2.27 bits per heavy atom.